The van der Waals surface area contributed by atoms with Crippen LogP contribution in [0.25, 0.3) is 0 Å². The van der Waals surface area contributed by atoms with Crippen LogP contribution in [0.2, 0.25) is 0 Å². The molecule has 2 aromatic rings. The van der Waals surface area contributed by atoms with Gasteiger partial charge in [0.05, 0.1) is 30.4 Å². The Balaban J connectivity index is 1.95. The smallest absolute Gasteiger partial charge is 0.311 e. The van der Waals surface area contributed by atoms with Gasteiger partial charge in [0, 0.05) is 5.92 Å². The molecule has 0 spiro atoms. The van der Waals surface area contributed by atoms with Gasteiger partial charge in [-0.05, 0) is 24.5 Å². The molecule has 0 amide bonds. The molecule has 0 saturated carbocycles. The maximum atomic E-state index is 12.5. The molecule has 1 aliphatic heterocycles. The van der Waals surface area contributed by atoms with Crippen LogP contribution in [-0.4, -0.2) is 24.1 Å². The highest BCUT2D eigenvalue weighted by molar-refractivity contribution is 5.74. The number of nitroso groups, excluding NO2 is 1. The summed E-state index contributed by atoms with van der Waals surface area (Å²) in [5.41, 5.74) is 2.12. The van der Waals surface area contributed by atoms with E-state index >= 15 is 0 Å². The van der Waals surface area contributed by atoms with Crippen LogP contribution >= 0.6 is 0 Å². The van der Waals surface area contributed by atoms with Gasteiger partial charge in [-0.2, -0.15) is 0 Å². The van der Waals surface area contributed by atoms with Gasteiger partial charge in [0.25, 0.3) is 0 Å². The zero-order valence-corrected chi connectivity index (χ0v) is 14.2. The molecule has 3 rings (SSSR count). The minimum absolute atomic E-state index is 0.0107. The number of ether oxygens (including phenoxy) is 1. The molecule has 0 aromatic heterocycles. The Bertz CT molecular complexity index is 705. The van der Waals surface area contributed by atoms with E-state index in [1.807, 2.05) is 60.7 Å². The van der Waals surface area contributed by atoms with Gasteiger partial charge in [-0.15, -0.1) is 4.91 Å². The van der Waals surface area contributed by atoms with Crippen LogP contribution in [0.5, 0.6) is 0 Å². The zero-order valence-electron chi connectivity index (χ0n) is 14.2. The van der Waals surface area contributed by atoms with Crippen molar-refractivity contribution >= 4 is 5.97 Å². The Kier molecular flexibility index (Phi) is 5.43. The summed E-state index contributed by atoms with van der Waals surface area (Å²) in [6.07, 6.45) is 0.642. The Morgan fingerprint density at radius 2 is 1.68 bits per heavy atom. The maximum Gasteiger partial charge on any atom is 0.311 e. The standard InChI is InChI=1S/C20H22N2O3/c1-2-25-20(23)18-14-22(21-24)19(16-11-7-4-8-12-16)13-17(18)15-9-5-3-6-10-15/h3-12,17-19H,2,13-14H2,1H3/t17-,18+,19+/m1/s1. The first-order chi connectivity index (χ1) is 12.2. The number of carbonyl (C=O) groups excluding carboxylic acids is 1. The van der Waals surface area contributed by atoms with Gasteiger partial charge in [0.2, 0.25) is 0 Å². The summed E-state index contributed by atoms with van der Waals surface area (Å²) >= 11 is 0. The first kappa shape index (κ1) is 17.1. The minimum Gasteiger partial charge on any atom is -0.466 e. The summed E-state index contributed by atoms with van der Waals surface area (Å²) in [5.74, 6) is -0.681. The summed E-state index contributed by atoms with van der Waals surface area (Å²) < 4.78 is 5.26. The lowest BCUT2D eigenvalue weighted by atomic mass is 9.76. The van der Waals surface area contributed by atoms with Gasteiger partial charge in [-0.1, -0.05) is 60.7 Å². The molecular formula is C20H22N2O3. The van der Waals surface area contributed by atoms with E-state index in [1.54, 1.807) is 6.92 Å². The summed E-state index contributed by atoms with van der Waals surface area (Å²) in [6.45, 7) is 2.38. The van der Waals surface area contributed by atoms with Crippen molar-refractivity contribution in [3.8, 4) is 0 Å². The van der Waals surface area contributed by atoms with Gasteiger partial charge in [-0.3, -0.25) is 9.80 Å². The second kappa shape index (κ2) is 7.92. The highest BCUT2D eigenvalue weighted by atomic mass is 16.5. The molecule has 1 heterocycles. The summed E-state index contributed by atoms with van der Waals surface area (Å²) in [6, 6.07) is 19.7. The Morgan fingerprint density at radius 1 is 1.08 bits per heavy atom. The number of benzene rings is 2. The van der Waals surface area contributed by atoms with Crippen molar-refractivity contribution < 1.29 is 9.53 Å². The monoisotopic (exact) mass is 338 g/mol. The minimum atomic E-state index is -0.403. The highest BCUT2D eigenvalue weighted by Crippen LogP contribution is 2.43. The SMILES string of the molecule is CCOC(=O)[C@H]1CN(N=O)[C@H](c2ccccc2)C[C@@H]1c1ccccc1. The maximum absolute atomic E-state index is 12.5. The number of piperidine rings is 1. The van der Waals surface area contributed by atoms with Crippen LogP contribution in [0.15, 0.2) is 65.9 Å². The van der Waals surface area contributed by atoms with Gasteiger partial charge in [-0.25, -0.2) is 0 Å². The quantitative estimate of drug-likeness (QED) is 0.609. The normalized spacial score (nSPS) is 23.1. The molecule has 0 radical (unpaired) electrons. The second-order valence-corrected chi connectivity index (χ2v) is 6.24. The van der Waals surface area contributed by atoms with E-state index < -0.39 is 5.92 Å². The molecule has 3 atom stereocenters. The molecule has 2 aromatic carbocycles. The van der Waals surface area contributed by atoms with Crippen molar-refractivity contribution in [2.24, 2.45) is 11.2 Å². The zero-order chi connectivity index (χ0) is 17.6. The van der Waals surface area contributed by atoms with Crippen LogP contribution in [0.3, 0.4) is 0 Å². The number of hydrogen-bond donors (Lipinski definition) is 0. The van der Waals surface area contributed by atoms with Crippen molar-refractivity contribution in [3.05, 3.63) is 76.7 Å². The van der Waals surface area contributed by atoms with Crippen LogP contribution < -0.4 is 0 Å². The molecule has 1 saturated heterocycles. The average Bonchev–Trinajstić information content (AvgIpc) is 2.68. The van der Waals surface area contributed by atoms with E-state index in [9.17, 15) is 9.70 Å². The van der Waals surface area contributed by atoms with E-state index in [-0.39, 0.29) is 24.5 Å². The number of carbonyl (C=O) groups is 1. The number of nitrogens with zero attached hydrogens (tertiary/aromatic N) is 2. The molecule has 0 aliphatic carbocycles. The topological polar surface area (TPSA) is 59.0 Å². The Morgan fingerprint density at radius 3 is 2.24 bits per heavy atom. The molecule has 5 nitrogen and oxygen atoms in total. The largest absolute Gasteiger partial charge is 0.466 e. The van der Waals surface area contributed by atoms with Gasteiger partial charge in [0.1, 0.15) is 0 Å². The summed E-state index contributed by atoms with van der Waals surface area (Å²) in [7, 11) is 0. The molecule has 0 unspecified atom stereocenters. The fourth-order valence-corrected chi connectivity index (χ4v) is 3.61. The highest BCUT2D eigenvalue weighted by Gasteiger charge is 2.41. The lowest BCUT2D eigenvalue weighted by Crippen LogP contribution is -2.42. The van der Waals surface area contributed by atoms with Crippen molar-refractivity contribution in [2.45, 2.75) is 25.3 Å². The third-order valence-electron chi connectivity index (χ3n) is 4.81. The molecule has 1 fully saturated rings. The Labute approximate surface area is 147 Å². The number of hydrogen-bond acceptors (Lipinski definition) is 4. The van der Waals surface area contributed by atoms with Crippen molar-refractivity contribution in [1.82, 2.24) is 5.01 Å². The first-order valence-corrected chi connectivity index (χ1v) is 8.61. The lowest BCUT2D eigenvalue weighted by Gasteiger charge is -2.40. The predicted molar refractivity (Wildman–Crippen MR) is 95.6 cm³/mol. The van der Waals surface area contributed by atoms with Crippen LogP contribution in [-0.2, 0) is 9.53 Å². The van der Waals surface area contributed by atoms with Crippen LogP contribution in [0.4, 0.5) is 0 Å². The van der Waals surface area contributed by atoms with Crippen LogP contribution in [0, 0.1) is 10.8 Å². The molecule has 5 heteroatoms. The van der Waals surface area contributed by atoms with E-state index in [1.165, 1.54) is 5.01 Å². The van der Waals surface area contributed by atoms with E-state index in [0.29, 0.717) is 13.0 Å². The molecule has 130 valence electrons. The van der Waals surface area contributed by atoms with E-state index in [0.717, 1.165) is 11.1 Å². The number of rotatable bonds is 5. The third kappa shape index (κ3) is 3.71. The van der Waals surface area contributed by atoms with E-state index in [2.05, 4.69) is 5.29 Å². The second-order valence-electron chi connectivity index (χ2n) is 6.24. The van der Waals surface area contributed by atoms with Crippen LogP contribution in [0.1, 0.15) is 36.4 Å². The van der Waals surface area contributed by atoms with Gasteiger partial charge in [0.15, 0.2) is 0 Å². The fraction of sp³-hybridized carbons (Fsp3) is 0.350. The number of esters is 1. The Hall–Kier alpha value is -2.69. The third-order valence-corrected chi connectivity index (χ3v) is 4.81. The molecular weight excluding hydrogens is 316 g/mol. The van der Waals surface area contributed by atoms with Gasteiger partial charge < -0.3 is 4.74 Å². The lowest BCUT2D eigenvalue weighted by molar-refractivity contribution is -0.151. The fourth-order valence-electron chi connectivity index (χ4n) is 3.61. The van der Waals surface area contributed by atoms with Gasteiger partial charge >= 0.3 is 5.97 Å². The molecule has 0 bridgehead atoms. The predicted octanol–water partition coefficient (Wildman–Crippen LogP) is 4.08. The first-order valence-electron chi connectivity index (χ1n) is 8.61. The summed E-state index contributed by atoms with van der Waals surface area (Å²) in [5, 5.41) is 4.68. The van der Waals surface area contributed by atoms with Crippen molar-refractivity contribution in [1.29, 1.82) is 0 Å². The molecule has 1 aliphatic rings. The molecule has 0 N–H and O–H groups in total. The summed E-state index contributed by atoms with van der Waals surface area (Å²) in [4.78, 5) is 23.9. The van der Waals surface area contributed by atoms with Crippen molar-refractivity contribution in [2.75, 3.05) is 13.2 Å². The molecule has 25 heavy (non-hydrogen) atoms. The van der Waals surface area contributed by atoms with E-state index in [4.69, 9.17) is 4.74 Å². The van der Waals surface area contributed by atoms with Crippen molar-refractivity contribution in [3.63, 3.8) is 0 Å². The average molecular weight is 338 g/mol.